The van der Waals surface area contributed by atoms with E-state index in [1.54, 1.807) is 6.07 Å². The van der Waals surface area contributed by atoms with E-state index in [9.17, 15) is 9.18 Å². The summed E-state index contributed by atoms with van der Waals surface area (Å²) in [4.78, 5) is 22.1. The number of esters is 1. The van der Waals surface area contributed by atoms with Gasteiger partial charge < -0.3 is 15.0 Å². The molecule has 0 bridgehead atoms. The van der Waals surface area contributed by atoms with E-state index < -0.39 is 5.82 Å². The highest BCUT2D eigenvalue weighted by molar-refractivity contribution is 6.31. The summed E-state index contributed by atoms with van der Waals surface area (Å²) in [6, 6.07) is 6.30. The topological polar surface area (TPSA) is 67.3 Å². The van der Waals surface area contributed by atoms with Gasteiger partial charge in [-0.2, -0.15) is 0 Å². The minimum Gasteiger partial charge on any atom is -0.469 e. The van der Waals surface area contributed by atoms with Crippen LogP contribution in [0.3, 0.4) is 0 Å². The number of anilines is 3. The molecule has 1 aliphatic rings. The fraction of sp³-hybridized carbons (Fsp3) is 0.421. The number of methoxy groups -OCH3 is 1. The van der Waals surface area contributed by atoms with Gasteiger partial charge in [-0.15, -0.1) is 0 Å². The Hall–Kier alpha value is -2.41. The molecule has 0 spiro atoms. The molecule has 6 nitrogen and oxygen atoms in total. The van der Waals surface area contributed by atoms with Gasteiger partial charge in [0.1, 0.15) is 23.8 Å². The molecular formula is C19H22ClFN4O2. The van der Waals surface area contributed by atoms with E-state index in [0.29, 0.717) is 23.8 Å². The van der Waals surface area contributed by atoms with E-state index in [1.807, 2.05) is 6.07 Å². The Morgan fingerprint density at radius 3 is 2.81 bits per heavy atom. The molecule has 1 fully saturated rings. The summed E-state index contributed by atoms with van der Waals surface area (Å²) < 4.78 is 18.0. The zero-order chi connectivity index (χ0) is 19.2. The van der Waals surface area contributed by atoms with Crippen molar-refractivity contribution in [3.05, 3.63) is 41.4 Å². The predicted octanol–water partition coefficient (Wildman–Crippen LogP) is 4.18. The minimum atomic E-state index is -0.458. The summed E-state index contributed by atoms with van der Waals surface area (Å²) in [5, 5.41) is 3.18. The van der Waals surface area contributed by atoms with Crippen LogP contribution in [0.4, 0.5) is 21.7 Å². The molecule has 1 aromatic carbocycles. The number of ether oxygens (including phenoxy) is 1. The van der Waals surface area contributed by atoms with Crippen LogP contribution >= 0.6 is 11.6 Å². The first kappa shape index (κ1) is 19.4. The van der Waals surface area contributed by atoms with Crippen molar-refractivity contribution in [1.82, 2.24) is 9.97 Å². The molecule has 0 aliphatic carbocycles. The summed E-state index contributed by atoms with van der Waals surface area (Å²) in [6.45, 7) is 1.76. The zero-order valence-corrected chi connectivity index (χ0v) is 15.9. The number of nitrogens with one attached hydrogen (secondary N) is 1. The number of carbonyl (C=O) groups excluding carboxylic acids is 1. The number of carbonyl (C=O) groups is 1. The van der Waals surface area contributed by atoms with E-state index in [1.165, 1.54) is 25.6 Å². The lowest BCUT2D eigenvalue weighted by Crippen LogP contribution is -2.34. The van der Waals surface area contributed by atoms with Crippen LogP contribution < -0.4 is 10.2 Å². The number of rotatable bonds is 6. The highest BCUT2D eigenvalue weighted by Crippen LogP contribution is 2.27. The van der Waals surface area contributed by atoms with Crippen molar-refractivity contribution in [3.8, 4) is 0 Å². The standard InChI is InChI=1S/C19H22ClFN4O2/c1-27-19(26)5-2-13-6-8-25(9-7-13)18-11-17(22-12-23-18)24-14-3-4-16(21)15(20)10-14/h3-4,10-13H,2,5-9H2,1H3,(H,22,23,24). The number of halogens is 2. The maximum Gasteiger partial charge on any atom is 0.305 e. The first-order valence-electron chi connectivity index (χ1n) is 8.91. The van der Waals surface area contributed by atoms with Gasteiger partial charge in [0, 0.05) is 31.3 Å². The van der Waals surface area contributed by atoms with E-state index in [4.69, 9.17) is 16.3 Å². The molecule has 0 radical (unpaired) electrons. The van der Waals surface area contributed by atoms with Crippen LogP contribution in [0, 0.1) is 11.7 Å². The molecule has 144 valence electrons. The molecule has 0 amide bonds. The van der Waals surface area contributed by atoms with Crippen molar-refractivity contribution in [1.29, 1.82) is 0 Å². The SMILES string of the molecule is COC(=O)CCC1CCN(c2cc(Nc3ccc(F)c(Cl)c3)ncn2)CC1. The summed E-state index contributed by atoms with van der Waals surface area (Å²) in [5.74, 6) is 1.38. The smallest absolute Gasteiger partial charge is 0.305 e. The van der Waals surface area contributed by atoms with Crippen molar-refractivity contribution >= 4 is 34.9 Å². The van der Waals surface area contributed by atoms with Crippen molar-refractivity contribution < 1.29 is 13.9 Å². The molecule has 2 heterocycles. The lowest BCUT2D eigenvalue weighted by atomic mass is 9.92. The Kier molecular flexibility index (Phi) is 6.45. The van der Waals surface area contributed by atoms with Crippen LogP contribution in [-0.4, -0.2) is 36.1 Å². The third-order valence-corrected chi connectivity index (χ3v) is 5.06. The maximum atomic E-state index is 13.3. The number of hydrogen-bond acceptors (Lipinski definition) is 6. The van der Waals surface area contributed by atoms with Gasteiger partial charge in [0.15, 0.2) is 0 Å². The fourth-order valence-electron chi connectivity index (χ4n) is 3.18. The average Bonchev–Trinajstić information content (AvgIpc) is 2.69. The number of piperidine rings is 1. The average molecular weight is 393 g/mol. The second-order valence-corrected chi connectivity index (χ2v) is 6.97. The third-order valence-electron chi connectivity index (χ3n) is 4.77. The highest BCUT2D eigenvalue weighted by atomic mass is 35.5. The monoisotopic (exact) mass is 392 g/mol. The van der Waals surface area contributed by atoms with E-state index in [0.717, 1.165) is 38.2 Å². The number of hydrogen-bond donors (Lipinski definition) is 1. The highest BCUT2D eigenvalue weighted by Gasteiger charge is 2.21. The predicted molar refractivity (Wildman–Crippen MR) is 103 cm³/mol. The van der Waals surface area contributed by atoms with Crippen LogP contribution in [0.1, 0.15) is 25.7 Å². The second-order valence-electron chi connectivity index (χ2n) is 6.56. The van der Waals surface area contributed by atoms with Crippen LogP contribution in [0.5, 0.6) is 0 Å². The molecule has 1 N–H and O–H groups in total. The van der Waals surface area contributed by atoms with Crippen molar-refractivity contribution in [2.45, 2.75) is 25.7 Å². The Morgan fingerprint density at radius 2 is 2.11 bits per heavy atom. The Morgan fingerprint density at radius 1 is 1.33 bits per heavy atom. The van der Waals surface area contributed by atoms with Crippen molar-refractivity contribution in [2.24, 2.45) is 5.92 Å². The van der Waals surface area contributed by atoms with Crippen molar-refractivity contribution in [3.63, 3.8) is 0 Å². The lowest BCUT2D eigenvalue weighted by molar-refractivity contribution is -0.141. The fourth-order valence-corrected chi connectivity index (χ4v) is 3.37. The van der Waals surface area contributed by atoms with Gasteiger partial charge >= 0.3 is 5.97 Å². The molecule has 8 heteroatoms. The summed E-state index contributed by atoms with van der Waals surface area (Å²) in [5.41, 5.74) is 0.660. The lowest BCUT2D eigenvalue weighted by Gasteiger charge is -2.32. The summed E-state index contributed by atoms with van der Waals surface area (Å²) in [6.07, 6.45) is 4.87. The third kappa shape index (κ3) is 5.29. The van der Waals surface area contributed by atoms with E-state index in [2.05, 4.69) is 20.2 Å². The first-order chi connectivity index (χ1) is 13.0. The van der Waals surface area contributed by atoms with Gasteiger partial charge in [0.25, 0.3) is 0 Å². The maximum absolute atomic E-state index is 13.3. The largest absolute Gasteiger partial charge is 0.469 e. The molecule has 27 heavy (non-hydrogen) atoms. The van der Waals surface area contributed by atoms with Gasteiger partial charge in [-0.25, -0.2) is 14.4 Å². The van der Waals surface area contributed by atoms with E-state index >= 15 is 0 Å². The quantitative estimate of drug-likeness (QED) is 0.744. The number of nitrogens with zero attached hydrogens (tertiary/aromatic N) is 3. The zero-order valence-electron chi connectivity index (χ0n) is 15.1. The van der Waals surface area contributed by atoms with Gasteiger partial charge in [-0.05, 0) is 43.4 Å². The second kappa shape index (κ2) is 8.99. The molecular weight excluding hydrogens is 371 g/mol. The first-order valence-corrected chi connectivity index (χ1v) is 9.29. The van der Waals surface area contributed by atoms with Crippen LogP contribution in [0.15, 0.2) is 30.6 Å². The number of aromatic nitrogens is 2. The van der Waals surface area contributed by atoms with Gasteiger partial charge in [0.2, 0.25) is 0 Å². The van der Waals surface area contributed by atoms with Gasteiger partial charge in [0.05, 0.1) is 12.1 Å². The van der Waals surface area contributed by atoms with Crippen LogP contribution in [0.2, 0.25) is 5.02 Å². The molecule has 0 unspecified atom stereocenters. The Labute approximate surface area is 162 Å². The summed E-state index contributed by atoms with van der Waals surface area (Å²) in [7, 11) is 1.42. The van der Waals surface area contributed by atoms with Crippen LogP contribution in [-0.2, 0) is 9.53 Å². The Bertz CT molecular complexity index is 797. The number of benzene rings is 1. The minimum absolute atomic E-state index is 0.0586. The molecule has 1 aliphatic heterocycles. The molecule has 3 rings (SSSR count). The molecule has 1 aromatic heterocycles. The molecule has 1 saturated heterocycles. The molecule has 0 atom stereocenters. The van der Waals surface area contributed by atoms with E-state index in [-0.39, 0.29) is 11.0 Å². The van der Waals surface area contributed by atoms with Gasteiger partial charge in [-0.3, -0.25) is 4.79 Å². The Balaban J connectivity index is 1.58. The molecule has 2 aromatic rings. The van der Waals surface area contributed by atoms with Crippen LogP contribution in [0.25, 0.3) is 0 Å². The molecule has 0 saturated carbocycles. The normalized spacial score (nSPS) is 14.9. The summed E-state index contributed by atoms with van der Waals surface area (Å²) >= 11 is 5.82. The van der Waals surface area contributed by atoms with Gasteiger partial charge in [-0.1, -0.05) is 11.6 Å². The van der Waals surface area contributed by atoms with Crippen molar-refractivity contribution in [2.75, 3.05) is 30.4 Å².